The second-order valence-electron chi connectivity index (χ2n) is 9.01. The maximum atomic E-state index is 13.5. The predicted octanol–water partition coefficient (Wildman–Crippen LogP) is 2.44. The van der Waals surface area contributed by atoms with Crippen LogP contribution in [0.15, 0.2) is 42.5 Å². The number of amides is 5. The molecule has 2 N–H and O–H groups in total. The molecular formula is C25H21FN6O4. The summed E-state index contributed by atoms with van der Waals surface area (Å²) in [5.74, 6) is -1.91. The van der Waals surface area contributed by atoms with Gasteiger partial charge >= 0.3 is 6.03 Å². The van der Waals surface area contributed by atoms with Gasteiger partial charge in [-0.2, -0.15) is 10.1 Å². The van der Waals surface area contributed by atoms with Gasteiger partial charge in [0, 0.05) is 31.4 Å². The summed E-state index contributed by atoms with van der Waals surface area (Å²) in [5, 5.41) is 12.1. The van der Waals surface area contributed by atoms with Crippen molar-refractivity contribution in [3.63, 3.8) is 0 Å². The number of hydrazine groups is 1. The van der Waals surface area contributed by atoms with E-state index in [0.717, 1.165) is 45.2 Å². The highest BCUT2D eigenvalue weighted by Crippen LogP contribution is 2.30. The molecule has 1 fully saturated rings. The molecule has 11 heteroatoms. The van der Waals surface area contributed by atoms with Crippen LogP contribution >= 0.6 is 0 Å². The lowest BCUT2D eigenvalue weighted by atomic mass is 10.0. The van der Waals surface area contributed by atoms with Crippen molar-refractivity contribution in [3.05, 3.63) is 70.7 Å². The molecule has 0 spiro atoms. The van der Waals surface area contributed by atoms with Gasteiger partial charge < -0.3 is 0 Å². The highest BCUT2D eigenvalue weighted by Gasteiger charge is 2.43. The Labute approximate surface area is 204 Å². The molecule has 6 rings (SSSR count). The minimum atomic E-state index is -0.785. The van der Waals surface area contributed by atoms with Crippen molar-refractivity contribution in [2.24, 2.45) is 0 Å². The summed E-state index contributed by atoms with van der Waals surface area (Å²) in [6.07, 6.45) is 2.87. The maximum Gasteiger partial charge on any atom is 0.343 e. The van der Waals surface area contributed by atoms with E-state index < -0.39 is 23.8 Å². The van der Waals surface area contributed by atoms with Crippen LogP contribution in [0.5, 0.6) is 0 Å². The average Bonchev–Trinajstić information content (AvgIpc) is 3.38. The molecule has 0 aliphatic carbocycles. The first-order chi connectivity index (χ1) is 17.4. The molecule has 0 atom stereocenters. The first-order valence-corrected chi connectivity index (χ1v) is 11.6. The van der Waals surface area contributed by atoms with Gasteiger partial charge in [0.25, 0.3) is 11.8 Å². The molecule has 1 aromatic heterocycles. The number of aromatic nitrogens is 2. The Kier molecular flexibility index (Phi) is 5.15. The van der Waals surface area contributed by atoms with Gasteiger partial charge in [0.05, 0.1) is 28.9 Å². The molecule has 0 radical (unpaired) electrons. The van der Waals surface area contributed by atoms with Crippen LogP contribution in [0.2, 0.25) is 0 Å². The Balaban J connectivity index is 1.17. The first-order valence-electron chi connectivity index (χ1n) is 11.6. The third-order valence-corrected chi connectivity index (χ3v) is 6.73. The molecular weight excluding hydrogens is 467 g/mol. The van der Waals surface area contributed by atoms with Gasteiger partial charge in [-0.15, -0.1) is 0 Å². The molecule has 4 heterocycles. The largest absolute Gasteiger partial charge is 0.343 e. The minimum absolute atomic E-state index is 0.0137. The highest BCUT2D eigenvalue weighted by atomic mass is 19.1. The van der Waals surface area contributed by atoms with Crippen molar-refractivity contribution < 1.29 is 23.6 Å². The number of benzene rings is 2. The first kappa shape index (κ1) is 22.1. The van der Waals surface area contributed by atoms with E-state index in [1.807, 2.05) is 6.07 Å². The summed E-state index contributed by atoms with van der Waals surface area (Å²) in [4.78, 5) is 51.7. The number of H-pyrrole nitrogens is 1. The second kappa shape index (κ2) is 8.38. The molecule has 3 aliphatic rings. The van der Waals surface area contributed by atoms with Crippen molar-refractivity contribution in [2.75, 3.05) is 19.6 Å². The number of hydrogen-bond donors (Lipinski definition) is 2. The van der Waals surface area contributed by atoms with E-state index in [9.17, 15) is 23.6 Å². The summed E-state index contributed by atoms with van der Waals surface area (Å²) in [6, 6.07) is 8.91. The summed E-state index contributed by atoms with van der Waals surface area (Å²) in [6.45, 7) is 1.97. The molecule has 5 amide bonds. The molecule has 1 saturated heterocycles. The van der Waals surface area contributed by atoms with Crippen LogP contribution in [0.25, 0.3) is 16.5 Å². The number of imide groups is 2. The number of nitrogens with one attached hydrogen (secondary N) is 2. The van der Waals surface area contributed by atoms with Crippen LogP contribution in [0.4, 0.5) is 9.18 Å². The van der Waals surface area contributed by atoms with E-state index >= 15 is 0 Å². The van der Waals surface area contributed by atoms with Gasteiger partial charge in [0.2, 0.25) is 5.91 Å². The van der Waals surface area contributed by atoms with E-state index in [2.05, 4.69) is 26.5 Å². The molecule has 10 nitrogen and oxygen atoms in total. The zero-order chi connectivity index (χ0) is 25.0. The lowest BCUT2D eigenvalue weighted by molar-refractivity contribution is -0.122. The van der Waals surface area contributed by atoms with Gasteiger partial charge in [-0.05, 0) is 47.9 Å². The SMILES string of the molecule is O=C1CCN(N2C(=O)c3ccc(CN4CC=C(c5n[nH]c6cc(F)ccc56)CC4)cc3C2=O)C(=O)N1. The van der Waals surface area contributed by atoms with Gasteiger partial charge in [-0.1, -0.05) is 12.1 Å². The number of fused-ring (bicyclic) bond motifs is 2. The smallest absolute Gasteiger partial charge is 0.295 e. The third-order valence-electron chi connectivity index (χ3n) is 6.73. The molecule has 3 aromatic rings. The molecule has 0 unspecified atom stereocenters. The van der Waals surface area contributed by atoms with E-state index in [4.69, 9.17) is 0 Å². The summed E-state index contributed by atoms with van der Waals surface area (Å²) < 4.78 is 13.5. The molecule has 0 saturated carbocycles. The lowest BCUT2D eigenvalue weighted by Crippen LogP contribution is -2.58. The zero-order valence-corrected chi connectivity index (χ0v) is 19.1. The minimum Gasteiger partial charge on any atom is -0.295 e. The van der Waals surface area contributed by atoms with Crippen LogP contribution in [0.3, 0.4) is 0 Å². The fraction of sp³-hybridized carbons (Fsp3) is 0.240. The fourth-order valence-electron chi connectivity index (χ4n) is 4.90. The maximum absolute atomic E-state index is 13.5. The standard InChI is InChI=1S/C25H21FN6O4/c26-16-2-4-18-20(12-16)28-29-22(18)15-5-8-30(9-6-15)13-14-1-3-17-19(11-14)24(35)32(23(17)34)31-10-7-21(33)27-25(31)36/h1-5,11-12H,6-10,13H2,(H,28,29)(H,27,33,36). The molecule has 182 valence electrons. The normalized spacial score (nSPS) is 18.6. The van der Waals surface area contributed by atoms with Crippen molar-refractivity contribution in [2.45, 2.75) is 19.4 Å². The molecule has 3 aliphatic heterocycles. The monoisotopic (exact) mass is 488 g/mol. The van der Waals surface area contributed by atoms with Crippen LogP contribution in [0.1, 0.15) is 44.8 Å². The van der Waals surface area contributed by atoms with Crippen molar-refractivity contribution in [1.82, 2.24) is 30.4 Å². The number of rotatable bonds is 4. The number of aromatic amines is 1. The van der Waals surface area contributed by atoms with E-state index in [1.54, 1.807) is 18.2 Å². The van der Waals surface area contributed by atoms with Gasteiger partial charge in [0.15, 0.2) is 0 Å². The summed E-state index contributed by atoms with van der Waals surface area (Å²) in [5.41, 5.74) is 3.92. The van der Waals surface area contributed by atoms with Crippen LogP contribution in [0, 0.1) is 5.82 Å². The number of hydrogen-bond acceptors (Lipinski definition) is 6. The van der Waals surface area contributed by atoms with Crippen molar-refractivity contribution >= 4 is 40.2 Å². The van der Waals surface area contributed by atoms with Crippen LogP contribution in [-0.2, 0) is 11.3 Å². The summed E-state index contributed by atoms with van der Waals surface area (Å²) in [7, 11) is 0. The fourth-order valence-corrected chi connectivity index (χ4v) is 4.90. The number of halogens is 1. The van der Waals surface area contributed by atoms with Gasteiger partial charge in [-0.3, -0.25) is 29.7 Å². The Morgan fingerprint density at radius 1 is 0.944 bits per heavy atom. The van der Waals surface area contributed by atoms with E-state index in [-0.39, 0.29) is 29.9 Å². The Morgan fingerprint density at radius 2 is 1.78 bits per heavy atom. The number of carbonyl (C=O) groups is 4. The average molecular weight is 488 g/mol. The Morgan fingerprint density at radius 3 is 2.56 bits per heavy atom. The lowest BCUT2D eigenvalue weighted by Gasteiger charge is -2.32. The Hall–Kier alpha value is -4.38. The third kappa shape index (κ3) is 3.64. The molecule has 36 heavy (non-hydrogen) atoms. The van der Waals surface area contributed by atoms with Gasteiger partial charge in [-0.25, -0.2) is 14.2 Å². The topological polar surface area (TPSA) is 119 Å². The summed E-state index contributed by atoms with van der Waals surface area (Å²) >= 11 is 0. The highest BCUT2D eigenvalue weighted by molar-refractivity contribution is 6.22. The second-order valence-corrected chi connectivity index (χ2v) is 9.01. The number of carbonyl (C=O) groups excluding carboxylic acids is 4. The Bertz CT molecular complexity index is 1490. The quantitative estimate of drug-likeness (QED) is 0.545. The molecule has 0 bridgehead atoms. The predicted molar refractivity (Wildman–Crippen MR) is 126 cm³/mol. The molecule has 2 aromatic carbocycles. The van der Waals surface area contributed by atoms with Crippen molar-refractivity contribution in [3.8, 4) is 0 Å². The number of urea groups is 1. The van der Waals surface area contributed by atoms with Crippen LogP contribution in [-0.4, -0.2) is 68.5 Å². The van der Waals surface area contributed by atoms with E-state index in [0.29, 0.717) is 18.6 Å². The van der Waals surface area contributed by atoms with Crippen LogP contribution < -0.4 is 5.32 Å². The van der Waals surface area contributed by atoms with Crippen molar-refractivity contribution in [1.29, 1.82) is 0 Å². The number of nitrogens with zero attached hydrogens (tertiary/aromatic N) is 4. The van der Waals surface area contributed by atoms with E-state index in [1.165, 1.54) is 12.1 Å². The van der Waals surface area contributed by atoms with Gasteiger partial charge in [0.1, 0.15) is 5.82 Å². The zero-order valence-electron chi connectivity index (χ0n) is 19.1.